The maximum atomic E-state index is 5.41. The first-order valence-electron chi connectivity index (χ1n) is 19.7. The molecule has 0 spiro atoms. The van der Waals surface area contributed by atoms with Gasteiger partial charge >= 0.3 is 0 Å². The van der Waals surface area contributed by atoms with Crippen LogP contribution in [0.4, 0.5) is 0 Å². The van der Waals surface area contributed by atoms with Gasteiger partial charge in [0.15, 0.2) is 5.82 Å². The molecule has 0 aliphatic heterocycles. The Bertz CT molecular complexity index is 3210. The predicted molar refractivity (Wildman–Crippen MR) is 239 cm³/mol. The van der Waals surface area contributed by atoms with Crippen molar-refractivity contribution in [1.82, 2.24) is 9.97 Å². The maximum absolute atomic E-state index is 5.41. The average molecular weight is 727 g/mol. The van der Waals surface area contributed by atoms with E-state index in [9.17, 15) is 0 Å². The number of nitrogens with zero attached hydrogens (tertiary/aromatic N) is 2. The van der Waals surface area contributed by atoms with E-state index in [1.165, 1.54) is 65.9 Å². The molecule has 0 unspecified atom stereocenters. The highest BCUT2D eigenvalue weighted by molar-refractivity contribution is 6.08. The van der Waals surface area contributed by atoms with Crippen molar-refractivity contribution in [2.45, 2.75) is 19.3 Å². The van der Waals surface area contributed by atoms with Crippen molar-refractivity contribution >= 4 is 32.3 Å². The lowest BCUT2D eigenvalue weighted by molar-refractivity contribution is 0.662. The summed E-state index contributed by atoms with van der Waals surface area (Å²) in [5.41, 5.74) is 15.0. The standard InChI is InChI=1S/C55H38N2/c1-55(2)49-32-29-37-18-7-9-23-41(37)52(49)48-28-14-27-46(53(48)55)44-30-31-47(43-25-11-10-24-42(43)44)54-56-50(39-21-12-20-38(33-39)35-15-4-3-5-16-35)34-51(57-54)45-26-13-19-36-17-6-8-22-40(36)45/h3-34H,1-2H3. The highest BCUT2D eigenvalue weighted by atomic mass is 14.9. The number of rotatable bonds is 5. The molecule has 1 aliphatic rings. The van der Waals surface area contributed by atoms with Gasteiger partial charge in [-0.05, 0) is 95.0 Å². The third kappa shape index (κ3) is 5.33. The first-order valence-corrected chi connectivity index (χ1v) is 19.7. The molecule has 11 rings (SSSR count). The maximum Gasteiger partial charge on any atom is 0.161 e. The lowest BCUT2D eigenvalue weighted by Crippen LogP contribution is -2.16. The van der Waals surface area contributed by atoms with Crippen LogP contribution in [0.3, 0.4) is 0 Å². The van der Waals surface area contributed by atoms with E-state index in [0.717, 1.165) is 39.0 Å². The van der Waals surface area contributed by atoms with Gasteiger partial charge in [-0.25, -0.2) is 9.97 Å². The van der Waals surface area contributed by atoms with Crippen LogP contribution in [0.1, 0.15) is 25.0 Å². The van der Waals surface area contributed by atoms with Crippen LogP contribution >= 0.6 is 0 Å². The van der Waals surface area contributed by atoms with E-state index in [1.807, 2.05) is 0 Å². The third-order valence-corrected chi connectivity index (χ3v) is 12.1. The Balaban J connectivity index is 1.12. The minimum atomic E-state index is -0.176. The first-order chi connectivity index (χ1) is 28.0. The molecule has 0 amide bonds. The lowest BCUT2D eigenvalue weighted by atomic mass is 9.78. The van der Waals surface area contributed by atoms with Gasteiger partial charge in [-0.1, -0.05) is 190 Å². The van der Waals surface area contributed by atoms with Crippen LogP contribution in [0.15, 0.2) is 194 Å². The summed E-state index contributed by atoms with van der Waals surface area (Å²) in [7, 11) is 0. The normalized spacial score (nSPS) is 12.9. The van der Waals surface area contributed by atoms with Gasteiger partial charge in [0.2, 0.25) is 0 Å². The summed E-state index contributed by atoms with van der Waals surface area (Å²) in [4.78, 5) is 10.8. The Kier molecular flexibility index (Phi) is 7.55. The molecule has 0 N–H and O–H groups in total. The van der Waals surface area contributed by atoms with Crippen molar-refractivity contribution in [2.75, 3.05) is 0 Å². The minimum Gasteiger partial charge on any atom is -0.228 e. The Morgan fingerprint density at radius 2 is 0.912 bits per heavy atom. The summed E-state index contributed by atoms with van der Waals surface area (Å²) in [6, 6.07) is 70.0. The van der Waals surface area contributed by atoms with Gasteiger partial charge in [-0.3, -0.25) is 0 Å². The molecule has 0 radical (unpaired) electrons. The molecule has 0 fully saturated rings. The molecule has 9 aromatic carbocycles. The van der Waals surface area contributed by atoms with Gasteiger partial charge < -0.3 is 0 Å². The topological polar surface area (TPSA) is 25.8 Å². The van der Waals surface area contributed by atoms with E-state index in [1.54, 1.807) is 0 Å². The fourth-order valence-corrected chi connectivity index (χ4v) is 9.40. The van der Waals surface area contributed by atoms with E-state index in [4.69, 9.17) is 9.97 Å². The van der Waals surface area contributed by atoms with E-state index in [0.29, 0.717) is 5.82 Å². The smallest absolute Gasteiger partial charge is 0.161 e. The van der Waals surface area contributed by atoms with Crippen LogP contribution in [0.5, 0.6) is 0 Å². The molecular weight excluding hydrogens is 689 g/mol. The molecule has 10 aromatic rings. The predicted octanol–water partition coefficient (Wildman–Crippen LogP) is 14.6. The van der Waals surface area contributed by atoms with Gasteiger partial charge in [0, 0.05) is 22.1 Å². The third-order valence-electron chi connectivity index (χ3n) is 12.1. The molecular formula is C55H38N2. The molecule has 2 heteroatoms. The molecule has 1 heterocycles. The number of hydrogen-bond acceptors (Lipinski definition) is 2. The number of benzene rings is 9. The van der Waals surface area contributed by atoms with Crippen LogP contribution in [0.2, 0.25) is 0 Å². The van der Waals surface area contributed by atoms with Gasteiger partial charge in [-0.15, -0.1) is 0 Å². The molecule has 268 valence electrons. The molecule has 0 saturated heterocycles. The molecule has 0 bridgehead atoms. The zero-order valence-electron chi connectivity index (χ0n) is 31.9. The Hall–Kier alpha value is -7.16. The highest BCUT2D eigenvalue weighted by Crippen LogP contribution is 2.55. The summed E-state index contributed by atoms with van der Waals surface area (Å²) >= 11 is 0. The van der Waals surface area contributed by atoms with Crippen molar-refractivity contribution in [3.63, 3.8) is 0 Å². The number of aromatic nitrogens is 2. The Labute approximate surface area is 332 Å². The van der Waals surface area contributed by atoms with Crippen molar-refractivity contribution in [3.05, 3.63) is 205 Å². The van der Waals surface area contributed by atoms with Crippen LogP contribution < -0.4 is 0 Å². The van der Waals surface area contributed by atoms with Gasteiger partial charge in [0.25, 0.3) is 0 Å². The summed E-state index contributed by atoms with van der Waals surface area (Å²) < 4.78 is 0. The second kappa shape index (κ2) is 13.0. The van der Waals surface area contributed by atoms with E-state index in [-0.39, 0.29) is 5.41 Å². The van der Waals surface area contributed by atoms with Crippen molar-refractivity contribution in [1.29, 1.82) is 0 Å². The lowest BCUT2D eigenvalue weighted by Gasteiger charge is -2.25. The highest BCUT2D eigenvalue weighted by Gasteiger charge is 2.38. The Morgan fingerprint density at radius 3 is 1.74 bits per heavy atom. The van der Waals surface area contributed by atoms with E-state index in [2.05, 4.69) is 208 Å². The fourth-order valence-electron chi connectivity index (χ4n) is 9.40. The molecule has 57 heavy (non-hydrogen) atoms. The largest absolute Gasteiger partial charge is 0.228 e. The van der Waals surface area contributed by atoms with Crippen LogP contribution in [-0.4, -0.2) is 9.97 Å². The van der Waals surface area contributed by atoms with Crippen LogP contribution in [0, 0.1) is 0 Å². The molecule has 0 saturated carbocycles. The minimum absolute atomic E-state index is 0.176. The van der Waals surface area contributed by atoms with Crippen molar-refractivity contribution < 1.29 is 0 Å². The summed E-state index contributed by atoms with van der Waals surface area (Å²) in [6.07, 6.45) is 0. The van der Waals surface area contributed by atoms with Gasteiger partial charge in [-0.2, -0.15) is 0 Å². The molecule has 2 nitrogen and oxygen atoms in total. The van der Waals surface area contributed by atoms with Crippen molar-refractivity contribution in [2.24, 2.45) is 0 Å². The Morgan fingerprint density at radius 1 is 0.351 bits per heavy atom. The fraction of sp³-hybridized carbons (Fsp3) is 0.0545. The monoisotopic (exact) mass is 726 g/mol. The van der Waals surface area contributed by atoms with E-state index < -0.39 is 0 Å². The van der Waals surface area contributed by atoms with Crippen LogP contribution in [0.25, 0.3) is 99.6 Å². The quantitative estimate of drug-likeness (QED) is 0.176. The zero-order valence-corrected chi connectivity index (χ0v) is 31.9. The SMILES string of the molecule is CC1(C)c2ccc3ccccc3c2-c2cccc(-c3ccc(-c4nc(-c5cccc(-c6ccccc6)c5)cc(-c5cccc6ccccc56)n4)c4ccccc34)c21. The summed E-state index contributed by atoms with van der Waals surface area (Å²) in [6.45, 7) is 4.76. The summed E-state index contributed by atoms with van der Waals surface area (Å²) in [5.74, 6) is 0.709. The van der Waals surface area contributed by atoms with Crippen molar-refractivity contribution in [3.8, 4) is 67.3 Å². The van der Waals surface area contributed by atoms with E-state index >= 15 is 0 Å². The first kappa shape index (κ1) is 33.2. The number of hydrogen-bond donors (Lipinski definition) is 0. The van der Waals surface area contributed by atoms with Crippen LogP contribution in [-0.2, 0) is 5.41 Å². The van der Waals surface area contributed by atoms with Gasteiger partial charge in [0.05, 0.1) is 11.4 Å². The molecule has 0 atom stereocenters. The van der Waals surface area contributed by atoms with Gasteiger partial charge in [0.1, 0.15) is 0 Å². The molecule has 1 aromatic heterocycles. The average Bonchev–Trinajstić information content (AvgIpc) is 3.52. The molecule has 1 aliphatic carbocycles. The summed E-state index contributed by atoms with van der Waals surface area (Å²) in [5, 5.41) is 7.26. The number of fused-ring (bicyclic) bond motifs is 7. The second-order valence-corrected chi connectivity index (χ2v) is 15.7. The second-order valence-electron chi connectivity index (χ2n) is 15.7. The zero-order chi connectivity index (χ0) is 38.1.